The van der Waals surface area contributed by atoms with Crippen LogP contribution in [-0.2, 0) is 9.53 Å². The Morgan fingerprint density at radius 3 is 1.52 bits per heavy atom. The first kappa shape index (κ1) is 22.4. The molecule has 23 heavy (non-hydrogen) atoms. The number of hydrogen-bond acceptors (Lipinski definition) is 3. The molecular formula is C20H40O3. The third kappa shape index (κ3) is 19.4. The zero-order valence-corrected chi connectivity index (χ0v) is 15.4. The quantitative estimate of drug-likeness (QED) is 0.241. The van der Waals surface area contributed by atoms with Gasteiger partial charge in [-0.15, -0.1) is 0 Å². The molecule has 1 unspecified atom stereocenters. The van der Waals surface area contributed by atoms with E-state index in [1.165, 1.54) is 89.9 Å². The van der Waals surface area contributed by atoms with Gasteiger partial charge in [0, 0.05) is 0 Å². The number of aliphatic hydroxyl groups is 1. The van der Waals surface area contributed by atoms with Crippen LogP contribution in [-0.4, -0.2) is 24.3 Å². The summed E-state index contributed by atoms with van der Waals surface area (Å²) in [5.74, 6) is 0. The van der Waals surface area contributed by atoms with Crippen molar-refractivity contribution in [2.45, 2.75) is 116 Å². The SMILES string of the molecule is CCCCCCCCCCCCCCCCCC(O)COC=O. The van der Waals surface area contributed by atoms with Crippen LogP contribution < -0.4 is 0 Å². The molecule has 0 rings (SSSR count). The van der Waals surface area contributed by atoms with Gasteiger partial charge < -0.3 is 9.84 Å². The second-order valence-corrected chi connectivity index (χ2v) is 6.82. The van der Waals surface area contributed by atoms with Crippen LogP contribution in [0.4, 0.5) is 0 Å². The van der Waals surface area contributed by atoms with Crippen LogP contribution in [0.15, 0.2) is 0 Å². The summed E-state index contributed by atoms with van der Waals surface area (Å²) < 4.78 is 4.54. The fourth-order valence-electron chi connectivity index (χ4n) is 2.98. The lowest BCUT2D eigenvalue weighted by molar-refractivity contribution is -0.131. The van der Waals surface area contributed by atoms with E-state index < -0.39 is 6.10 Å². The number of carbonyl (C=O) groups excluding carboxylic acids is 1. The molecule has 0 aromatic rings. The minimum Gasteiger partial charge on any atom is -0.465 e. The minimum atomic E-state index is -0.484. The highest BCUT2D eigenvalue weighted by molar-refractivity contribution is 5.36. The van der Waals surface area contributed by atoms with Gasteiger partial charge in [0.05, 0.1) is 6.10 Å². The monoisotopic (exact) mass is 328 g/mol. The first-order valence-electron chi connectivity index (χ1n) is 10.0. The maximum absolute atomic E-state index is 9.99. The fraction of sp³-hybridized carbons (Fsp3) is 0.950. The van der Waals surface area contributed by atoms with Gasteiger partial charge in [0.15, 0.2) is 0 Å². The van der Waals surface area contributed by atoms with Crippen LogP contribution in [0.3, 0.4) is 0 Å². The van der Waals surface area contributed by atoms with E-state index in [0.29, 0.717) is 6.47 Å². The molecule has 0 spiro atoms. The molecule has 0 saturated carbocycles. The van der Waals surface area contributed by atoms with Crippen molar-refractivity contribution in [1.29, 1.82) is 0 Å². The summed E-state index contributed by atoms with van der Waals surface area (Å²) in [5, 5.41) is 9.50. The van der Waals surface area contributed by atoms with Crippen molar-refractivity contribution in [2.75, 3.05) is 6.61 Å². The largest absolute Gasteiger partial charge is 0.465 e. The van der Waals surface area contributed by atoms with Gasteiger partial charge in [-0.05, 0) is 6.42 Å². The number of unbranched alkanes of at least 4 members (excludes halogenated alkanes) is 14. The molecule has 3 nitrogen and oxygen atoms in total. The fourth-order valence-corrected chi connectivity index (χ4v) is 2.98. The summed E-state index contributed by atoms with van der Waals surface area (Å²) in [5.41, 5.74) is 0. The molecule has 0 bridgehead atoms. The van der Waals surface area contributed by atoms with Crippen molar-refractivity contribution >= 4 is 6.47 Å². The lowest BCUT2D eigenvalue weighted by Crippen LogP contribution is -2.14. The van der Waals surface area contributed by atoms with E-state index in [4.69, 9.17) is 0 Å². The maximum atomic E-state index is 9.99. The third-order valence-corrected chi connectivity index (χ3v) is 4.50. The van der Waals surface area contributed by atoms with E-state index in [2.05, 4.69) is 11.7 Å². The van der Waals surface area contributed by atoms with Gasteiger partial charge in [-0.3, -0.25) is 4.79 Å². The van der Waals surface area contributed by atoms with Crippen LogP contribution in [0.25, 0.3) is 0 Å². The molecule has 1 N–H and O–H groups in total. The number of ether oxygens (including phenoxy) is 1. The number of aliphatic hydroxyl groups excluding tert-OH is 1. The molecule has 0 aliphatic heterocycles. The lowest BCUT2D eigenvalue weighted by Gasteiger charge is -2.08. The third-order valence-electron chi connectivity index (χ3n) is 4.50. The smallest absolute Gasteiger partial charge is 0.293 e. The molecule has 0 aliphatic rings. The molecule has 0 aromatic heterocycles. The topological polar surface area (TPSA) is 46.5 Å². The van der Waals surface area contributed by atoms with E-state index in [0.717, 1.165) is 12.8 Å². The van der Waals surface area contributed by atoms with Gasteiger partial charge in [-0.2, -0.15) is 0 Å². The van der Waals surface area contributed by atoms with Crippen molar-refractivity contribution in [3.63, 3.8) is 0 Å². The maximum Gasteiger partial charge on any atom is 0.293 e. The minimum absolute atomic E-state index is 0.141. The Morgan fingerprint density at radius 2 is 1.13 bits per heavy atom. The first-order valence-corrected chi connectivity index (χ1v) is 10.0. The normalized spacial score (nSPS) is 12.3. The zero-order valence-electron chi connectivity index (χ0n) is 15.4. The summed E-state index contributed by atoms with van der Waals surface area (Å²) in [6.07, 6.45) is 20.5. The highest BCUT2D eigenvalue weighted by Gasteiger charge is 2.03. The molecule has 0 aromatic carbocycles. The molecule has 3 heteroatoms. The summed E-state index contributed by atoms with van der Waals surface area (Å²) in [6, 6.07) is 0. The van der Waals surface area contributed by atoms with Gasteiger partial charge >= 0.3 is 0 Å². The molecule has 1 atom stereocenters. The molecule has 0 saturated heterocycles. The van der Waals surface area contributed by atoms with Crippen molar-refractivity contribution in [3.05, 3.63) is 0 Å². The predicted octanol–water partition coefficient (Wildman–Crippen LogP) is 5.78. The molecule has 0 fully saturated rings. The molecular weight excluding hydrogens is 288 g/mol. The Balaban J connectivity index is 3.03. The summed E-state index contributed by atoms with van der Waals surface area (Å²) in [4.78, 5) is 9.99. The second kappa shape index (κ2) is 19.5. The summed E-state index contributed by atoms with van der Waals surface area (Å²) >= 11 is 0. The number of hydrogen-bond donors (Lipinski definition) is 1. The lowest BCUT2D eigenvalue weighted by atomic mass is 10.0. The molecule has 138 valence electrons. The molecule has 0 radical (unpaired) electrons. The van der Waals surface area contributed by atoms with Gasteiger partial charge in [0.2, 0.25) is 0 Å². The number of rotatable bonds is 19. The van der Waals surface area contributed by atoms with Crippen molar-refractivity contribution in [2.24, 2.45) is 0 Å². The van der Waals surface area contributed by atoms with Gasteiger partial charge in [0.1, 0.15) is 6.61 Å². The van der Waals surface area contributed by atoms with Crippen molar-refractivity contribution in [3.8, 4) is 0 Å². The Hall–Kier alpha value is -0.570. The molecule has 0 amide bonds. The van der Waals surface area contributed by atoms with E-state index in [1.807, 2.05) is 0 Å². The Kier molecular flexibility index (Phi) is 19.0. The van der Waals surface area contributed by atoms with Crippen LogP contribution in [0.2, 0.25) is 0 Å². The summed E-state index contributed by atoms with van der Waals surface area (Å²) in [6.45, 7) is 2.81. The van der Waals surface area contributed by atoms with Crippen LogP contribution in [0.5, 0.6) is 0 Å². The van der Waals surface area contributed by atoms with Gasteiger partial charge in [-0.25, -0.2) is 0 Å². The Labute approximate surface area is 144 Å². The van der Waals surface area contributed by atoms with Crippen LogP contribution in [0, 0.1) is 0 Å². The molecule has 0 aliphatic carbocycles. The average Bonchev–Trinajstić information content (AvgIpc) is 2.56. The van der Waals surface area contributed by atoms with E-state index in [9.17, 15) is 9.90 Å². The average molecular weight is 329 g/mol. The second-order valence-electron chi connectivity index (χ2n) is 6.82. The van der Waals surface area contributed by atoms with Crippen molar-refractivity contribution in [1.82, 2.24) is 0 Å². The van der Waals surface area contributed by atoms with Crippen molar-refractivity contribution < 1.29 is 14.6 Å². The Bertz CT molecular complexity index is 231. The zero-order chi connectivity index (χ0) is 17.0. The number of carbonyl (C=O) groups is 1. The van der Waals surface area contributed by atoms with Crippen LogP contribution >= 0.6 is 0 Å². The highest BCUT2D eigenvalue weighted by atomic mass is 16.5. The Morgan fingerprint density at radius 1 is 0.739 bits per heavy atom. The van der Waals surface area contributed by atoms with Gasteiger partial charge in [0.25, 0.3) is 6.47 Å². The van der Waals surface area contributed by atoms with E-state index in [-0.39, 0.29) is 6.61 Å². The molecule has 0 heterocycles. The first-order chi connectivity index (χ1) is 11.3. The predicted molar refractivity (Wildman–Crippen MR) is 97.6 cm³/mol. The van der Waals surface area contributed by atoms with E-state index >= 15 is 0 Å². The summed E-state index contributed by atoms with van der Waals surface area (Å²) in [7, 11) is 0. The van der Waals surface area contributed by atoms with Gasteiger partial charge in [-0.1, -0.05) is 103 Å². The van der Waals surface area contributed by atoms with E-state index in [1.54, 1.807) is 0 Å². The standard InChI is InChI=1S/C20H40O3/c1-2-3-4-5-6-7-8-9-10-11-12-13-14-15-16-17-20(22)18-23-19-21/h19-20,22H,2-18H2,1H3. The van der Waals surface area contributed by atoms with Crippen LogP contribution in [0.1, 0.15) is 110 Å². The highest BCUT2D eigenvalue weighted by Crippen LogP contribution is 2.14.